The van der Waals surface area contributed by atoms with Gasteiger partial charge in [-0.25, -0.2) is 13.2 Å². The van der Waals surface area contributed by atoms with Crippen LogP contribution in [0.5, 0.6) is 0 Å². The molecular weight excluding hydrogens is 356 g/mol. The van der Waals surface area contributed by atoms with Crippen LogP contribution in [0, 0.1) is 0 Å². The number of aromatic carboxylic acids is 1. The summed E-state index contributed by atoms with van der Waals surface area (Å²) in [5.41, 5.74) is -0.529. The Morgan fingerprint density at radius 2 is 1.81 bits per heavy atom. The predicted octanol–water partition coefficient (Wildman–Crippen LogP) is 3.81. The van der Waals surface area contributed by atoms with Crippen LogP contribution in [0.1, 0.15) is 23.2 Å². The van der Waals surface area contributed by atoms with E-state index in [4.69, 9.17) is 28.3 Å². The van der Waals surface area contributed by atoms with Gasteiger partial charge in [0, 0.05) is 11.4 Å². The molecule has 1 rings (SSSR count). The van der Waals surface area contributed by atoms with Gasteiger partial charge in [0.1, 0.15) is 0 Å². The van der Waals surface area contributed by atoms with Crippen LogP contribution >= 0.6 is 23.2 Å². The molecule has 0 aliphatic rings. The summed E-state index contributed by atoms with van der Waals surface area (Å²) in [6.45, 7) is 0. The summed E-state index contributed by atoms with van der Waals surface area (Å²) in [4.78, 5) is 10.3. The molecule has 0 spiro atoms. The maximum Gasteiger partial charge on any atom is 0.389 e. The summed E-state index contributed by atoms with van der Waals surface area (Å²) in [5.74, 6) is -2.31. The Kier molecular flexibility index (Phi) is 5.51. The summed E-state index contributed by atoms with van der Waals surface area (Å²) in [6.07, 6.45) is -6.40. The van der Waals surface area contributed by atoms with E-state index in [0.29, 0.717) is 0 Å². The summed E-state index contributed by atoms with van der Waals surface area (Å²) < 4.78 is 60.0. The van der Waals surface area contributed by atoms with Crippen LogP contribution in [0.25, 0.3) is 0 Å². The van der Waals surface area contributed by atoms with Crippen molar-refractivity contribution >= 4 is 39.0 Å². The molecule has 0 heterocycles. The van der Waals surface area contributed by atoms with E-state index in [1.165, 1.54) is 0 Å². The van der Waals surface area contributed by atoms with Crippen molar-refractivity contribution in [2.75, 3.05) is 5.75 Å². The maximum atomic E-state index is 12.0. The Bertz CT molecular complexity index is 656. The molecule has 0 unspecified atom stereocenters. The van der Waals surface area contributed by atoms with Gasteiger partial charge >= 0.3 is 12.1 Å². The van der Waals surface area contributed by atoms with Crippen LogP contribution in [0.3, 0.4) is 0 Å². The lowest BCUT2D eigenvalue weighted by Gasteiger charge is -2.10. The first kappa shape index (κ1) is 18.1. The minimum atomic E-state index is -4.47. The minimum absolute atomic E-state index is 0.189. The van der Waals surface area contributed by atoms with E-state index in [1.807, 2.05) is 0 Å². The molecule has 21 heavy (non-hydrogen) atoms. The van der Waals surface area contributed by atoms with Crippen molar-refractivity contribution < 1.29 is 31.5 Å². The van der Waals surface area contributed by atoms with Gasteiger partial charge in [-0.2, -0.15) is 13.2 Å². The Balaban J connectivity index is 3.12. The van der Waals surface area contributed by atoms with E-state index in [0.717, 1.165) is 12.1 Å². The van der Waals surface area contributed by atoms with E-state index in [9.17, 15) is 26.4 Å². The van der Waals surface area contributed by atoms with Gasteiger partial charge in [-0.05, 0) is 18.6 Å². The fourth-order valence-corrected chi connectivity index (χ4v) is 3.78. The van der Waals surface area contributed by atoms with Gasteiger partial charge in [0.15, 0.2) is 9.84 Å². The van der Waals surface area contributed by atoms with Gasteiger partial charge in [-0.1, -0.05) is 23.2 Å². The number of sulfone groups is 1. The molecule has 0 aliphatic carbocycles. The normalized spacial score (nSPS) is 12.4. The van der Waals surface area contributed by atoms with Crippen molar-refractivity contribution in [1.29, 1.82) is 0 Å². The lowest BCUT2D eigenvalue weighted by atomic mass is 10.2. The minimum Gasteiger partial charge on any atom is -0.478 e. The van der Waals surface area contributed by atoms with E-state index < -0.39 is 56.1 Å². The summed E-state index contributed by atoms with van der Waals surface area (Å²) in [7, 11) is -4.17. The largest absolute Gasteiger partial charge is 0.478 e. The second-order valence-electron chi connectivity index (χ2n) is 4.11. The standard InChI is InChI=1S/C11H9Cl2F3O4S/c12-6-4-7(10(17)18)9(13)8(5-6)21(19,20)3-1-2-11(14,15)16/h4-5H,1-3H2,(H,17,18). The highest BCUT2D eigenvalue weighted by Crippen LogP contribution is 2.31. The molecule has 1 N–H and O–H groups in total. The number of alkyl halides is 3. The molecule has 0 saturated heterocycles. The third-order valence-corrected chi connectivity index (χ3v) is 5.00. The molecule has 0 atom stereocenters. The molecule has 0 radical (unpaired) electrons. The Labute approximate surface area is 128 Å². The number of carbonyl (C=O) groups is 1. The average molecular weight is 365 g/mol. The first-order chi connectivity index (χ1) is 9.44. The number of halogens is 5. The Hall–Kier alpha value is -0.990. The molecule has 0 aromatic heterocycles. The van der Waals surface area contributed by atoms with Gasteiger partial charge in [0.25, 0.3) is 0 Å². The summed E-state index contributed by atoms with van der Waals surface area (Å²) in [6, 6.07) is 1.88. The van der Waals surface area contributed by atoms with Crippen LogP contribution in [0.2, 0.25) is 10.0 Å². The number of hydrogen-bond donors (Lipinski definition) is 1. The lowest BCUT2D eigenvalue weighted by Crippen LogP contribution is -2.14. The smallest absolute Gasteiger partial charge is 0.389 e. The SMILES string of the molecule is O=C(O)c1cc(Cl)cc(S(=O)(=O)CCCC(F)(F)F)c1Cl. The van der Waals surface area contributed by atoms with Crippen LogP contribution < -0.4 is 0 Å². The fourth-order valence-electron chi connectivity index (χ4n) is 1.52. The summed E-state index contributed by atoms with van der Waals surface area (Å²) in [5, 5.41) is 8.12. The van der Waals surface area contributed by atoms with Crippen LogP contribution in [0.4, 0.5) is 13.2 Å². The van der Waals surface area contributed by atoms with Crippen molar-refractivity contribution in [1.82, 2.24) is 0 Å². The molecule has 4 nitrogen and oxygen atoms in total. The molecule has 0 aliphatic heterocycles. The van der Waals surface area contributed by atoms with Crippen LogP contribution in [-0.2, 0) is 9.84 Å². The Morgan fingerprint density at radius 3 is 2.29 bits per heavy atom. The van der Waals surface area contributed by atoms with E-state index in [-0.39, 0.29) is 5.02 Å². The molecule has 0 bridgehead atoms. The highest BCUT2D eigenvalue weighted by atomic mass is 35.5. The van der Waals surface area contributed by atoms with Crippen LogP contribution in [0.15, 0.2) is 17.0 Å². The summed E-state index contributed by atoms with van der Waals surface area (Å²) >= 11 is 11.3. The molecule has 0 saturated carbocycles. The second-order valence-corrected chi connectivity index (χ2v) is 7.00. The zero-order valence-electron chi connectivity index (χ0n) is 10.2. The first-order valence-electron chi connectivity index (χ1n) is 5.46. The monoisotopic (exact) mass is 364 g/mol. The molecule has 1 aromatic carbocycles. The maximum absolute atomic E-state index is 12.0. The van der Waals surface area contributed by atoms with Crippen molar-refractivity contribution in [3.8, 4) is 0 Å². The molecule has 0 fully saturated rings. The van der Waals surface area contributed by atoms with E-state index >= 15 is 0 Å². The topological polar surface area (TPSA) is 71.4 Å². The molecule has 118 valence electrons. The van der Waals surface area contributed by atoms with Gasteiger partial charge in [-0.15, -0.1) is 0 Å². The third kappa shape index (κ3) is 5.05. The molecular formula is C11H9Cl2F3O4S. The van der Waals surface area contributed by atoms with Crippen molar-refractivity contribution in [2.45, 2.75) is 23.9 Å². The van der Waals surface area contributed by atoms with Crippen molar-refractivity contribution in [3.05, 3.63) is 27.7 Å². The number of hydrogen-bond acceptors (Lipinski definition) is 3. The fraction of sp³-hybridized carbons (Fsp3) is 0.364. The van der Waals surface area contributed by atoms with Crippen LogP contribution in [-0.4, -0.2) is 31.4 Å². The zero-order chi connectivity index (χ0) is 16.4. The molecule has 10 heteroatoms. The van der Waals surface area contributed by atoms with Crippen molar-refractivity contribution in [3.63, 3.8) is 0 Å². The first-order valence-corrected chi connectivity index (χ1v) is 7.87. The van der Waals surface area contributed by atoms with Crippen molar-refractivity contribution in [2.24, 2.45) is 0 Å². The van der Waals surface area contributed by atoms with Gasteiger partial charge < -0.3 is 5.11 Å². The quantitative estimate of drug-likeness (QED) is 0.862. The molecule has 0 amide bonds. The third-order valence-electron chi connectivity index (χ3n) is 2.44. The number of carboxylic acids is 1. The predicted molar refractivity (Wildman–Crippen MR) is 70.8 cm³/mol. The lowest BCUT2D eigenvalue weighted by molar-refractivity contribution is -0.134. The zero-order valence-corrected chi connectivity index (χ0v) is 12.6. The van der Waals surface area contributed by atoms with Gasteiger partial charge in [-0.3, -0.25) is 0 Å². The number of benzene rings is 1. The van der Waals surface area contributed by atoms with E-state index in [1.54, 1.807) is 0 Å². The highest BCUT2D eigenvalue weighted by molar-refractivity contribution is 7.91. The van der Waals surface area contributed by atoms with Gasteiger partial charge in [0.2, 0.25) is 0 Å². The van der Waals surface area contributed by atoms with E-state index in [2.05, 4.69) is 0 Å². The highest BCUT2D eigenvalue weighted by Gasteiger charge is 2.29. The van der Waals surface area contributed by atoms with Gasteiger partial charge in [0.05, 0.1) is 21.2 Å². The number of rotatable bonds is 5. The Morgan fingerprint density at radius 1 is 1.24 bits per heavy atom. The second kappa shape index (κ2) is 6.41. The molecule has 1 aromatic rings. The number of carboxylic acid groups (broad SMARTS) is 1. The average Bonchev–Trinajstić information content (AvgIpc) is 2.29.